The van der Waals surface area contributed by atoms with E-state index in [0.29, 0.717) is 31.4 Å². The Kier molecular flexibility index (Phi) is 10.3. The Morgan fingerprint density at radius 1 is 1.24 bits per heavy atom. The summed E-state index contributed by atoms with van der Waals surface area (Å²) in [6, 6.07) is 7.52. The number of nitrogens with one attached hydrogen (secondary N) is 2. The van der Waals surface area contributed by atoms with E-state index in [-0.39, 0.29) is 18.3 Å². The lowest BCUT2D eigenvalue weighted by atomic mass is 9.84. The van der Waals surface area contributed by atoms with E-state index in [9.17, 15) is 4.79 Å². The standard InChI is InChI=1S/C19H30N2O3.ClH/c1-15(16-8-11-20-12-9-16)14-19(22)21-10-3-13-24-18-6-4-17(23-2)5-7-18;/h4-7,15-16,20H,3,8-14H2,1-2H3,(H,21,22);1H. The van der Waals surface area contributed by atoms with Gasteiger partial charge in [-0.25, -0.2) is 0 Å². The third-order valence-corrected chi connectivity index (χ3v) is 4.67. The highest BCUT2D eigenvalue weighted by molar-refractivity contribution is 5.85. The molecule has 1 aromatic rings. The zero-order chi connectivity index (χ0) is 17.2. The second-order valence-electron chi connectivity index (χ2n) is 6.50. The number of hydrogen-bond acceptors (Lipinski definition) is 4. The number of benzene rings is 1. The zero-order valence-corrected chi connectivity index (χ0v) is 16.1. The number of piperidine rings is 1. The Labute approximate surface area is 157 Å². The van der Waals surface area contributed by atoms with Crippen LogP contribution in [0.15, 0.2) is 24.3 Å². The number of methoxy groups -OCH3 is 1. The van der Waals surface area contributed by atoms with Gasteiger partial charge >= 0.3 is 0 Å². The average molecular weight is 371 g/mol. The smallest absolute Gasteiger partial charge is 0.220 e. The van der Waals surface area contributed by atoms with Gasteiger partial charge in [0.05, 0.1) is 13.7 Å². The van der Waals surface area contributed by atoms with Gasteiger partial charge in [-0.15, -0.1) is 12.4 Å². The summed E-state index contributed by atoms with van der Waals surface area (Å²) < 4.78 is 10.8. The monoisotopic (exact) mass is 370 g/mol. The summed E-state index contributed by atoms with van der Waals surface area (Å²) in [7, 11) is 1.64. The second-order valence-corrected chi connectivity index (χ2v) is 6.50. The van der Waals surface area contributed by atoms with Crippen LogP contribution in [0.25, 0.3) is 0 Å². The molecular formula is C19H31ClN2O3. The van der Waals surface area contributed by atoms with Gasteiger partial charge in [0.2, 0.25) is 5.91 Å². The largest absolute Gasteiger partial charge is 0.497 e. The number of carbonyl (C=O) groups excluding carboxylic acids is 1. The summed E-state index contributed by atoms with van der Waals surface area (Å²) in [4.78, 5) is 12.0. The van der Waals surface area contributed by atoms with E-state index >= 15 is 0 Å². The van der Waals surface area contributed by atoms with Crippen molar-refractivity contribution in [3.8, 4) is 11.5 Å². The molecule has 0 spiro atoms. The molecule has 1 saturated heterocycles. The first-order valence-corrected chi connectivity index (χ1v) is 8.93. The van der Waals surface area contributed by atoms with Crippen LogP contribution in [-0.2, 0) is 4.79 Å². The third kappa shape index (κ3) is 7.97. The van der Waals surface area contributed by atoms with E-state index in [0.717, 1.165) is 31.0 Å². The highest BCUT2D eigenvalue weighted by Gasteiger charge is 2.21. The molecule has 2 rings (SSSR count). The number of amides is 1. The lowest BCUT2D eigenvalue weighted by molar-refractivity contribution is -0.122. The van der Waals surface area contributed by atoms with Crippen LogP contribution in [0, 0.1) is 11.8 Å². The summed E-state index contributed by atoms with van der Waals surface area (Å²) in [5.41, 5.74) is 0. The first-order chi connectivity index (χ1) is 11.7. The Hall–Kier alpha value is -1.46. The Bertz CT molecular complexity index is 490. The van der Waals surface area contributed by atoms with Crippen LogP contribution in [0.2, 0.25) is 0 Å². The lowest BCUT2D eigenvalue weighted by Gasteiger charge is -2.27. The van der Waals surface area contributed by atoms with E-state index in [1.807, 2.05) is 24.3 Å². The molecule has 6 heteroatoms. The van der Waals surface area contributed by atoms with Crippen LogP contribution in [-0.4, -0.2) is 39.3 Å². The van der Waals surface area contributed by atoms with Crippen molar-refractivity contribution in [2.24, 2.45) is 11.8 Å². The molecule has 0 saturated carbocycles. The SMILES string of the molecule is COc1ccc(OCCCNC(=O)CC(C)C2CCNCC2)cc1.Cl. The molecular weight excluding hydrogens is 340 g/mol. The molecule has 1 fully saturated rings. The van der Waals surface area contributed by atoms with Crippen molar-refractivity contribution in [3.05, 3.63) is 24.3 Å². The molecule has 0 aromatic heterocycles. The fourth-order valence-electron chi connectivity index (χ4n) is 3.11. The number of ether oxygens (including phenoxy) is 2. The van der Waals surface area contributed by atoms with E-state index in [1.165, 1.54) is 12.8 Å². The maximum atomic E-state index is 12.0. The molecule has 0 aliphatic carbocycles. The van der Waals surface area contributed by atoms with Crippen LogP contribution in [0.1, 0.15) is 32.6 Å². The minimum Gasteiger partial charge on any atom is -0.497 e. The molecule has 2 N–H and O–H groups in total. The highest BCUT2D eigenvalue weighted by atomic mass is 35.5. The van der Waals surface area contributed by atoms with Gasteiger partial charge in [0.25, 0.3) is 0 Å². The van der Waals surface area contributed by atoms with Crippen molar-refractivity contribution in [1.82, 2.24) is 10.6 Å². The van der Waals surface area contributed by atoms with Gasteiger partial charge in [0.1, 0.15) is 11.5 Å². The minimum atomic E-state index is 0. The van der Waals surface area contributed by atoms with Crippen LogP contribution in [0.3, 0.4) is 0 Å². The van der Waals surface area contributed by atoms with Gasteiger partial charge in [0, 0.05) is 13.0 Å². The van der Waals surface area contributed by atoms with Crippen molar-refractivity contribution < 1.29 is 14.3 Å². The molecule has 0 bridgehead atoms. The molecule has 1 aromatic carbocycles. The molecule has 0 radical (unpaired) electrons. The van der Waals surface area contributed by atoms with Gasteiger partial charge in [-0.1, -0.05) is 6.92 Å². The number of halogens is 1. The summed E-state index contributed by atoms with van der Waals surface area (Å²) in [5.74, 6) is 2.93. The normalized spacial score (nSPS) is 15.8. The van der Waals surface area contributed by atoms with Gasteiger partial charge in [-0.2, -0.15) is 0 Å². The molecule has 1 unspecified atom stereocenters. The topological polar surface area (TPSA) is 59.6 Å². The van der Waals surface area contributed by atoms with Crippen molar-refractivity contribution in [3.63, 3.8) is 0 Å². The van der Waals surface area contributed by atoms with E-state index in [2.05, 4.69) is 17.6 Å². The van der Waals surface area contributed by atoms with E-state index in [4.69, 9.17) is 9.47 Å². The van der Waals surface area contributed by atoms with Crippen LogP contribution < -0.4 is 20.1 Å². The van der Waals surface area contributed by atoms with Crippen molar-refractivity contribution in [2.45, 2.75) is 32.6 Å². The van der Waals surface area contributed by atoms with Crippen LogP contribution in [0.5, 0.6) is 11.5 Å². The quantitative estimate of drug-likeness (QED) is 0.656. The Morgan fingerprint density at radius 3 is 2.52 bits per heavy atom. The third-order valence-electron chi connectivity index (χ3n) is 4.67. The van der Waals surface area contributed by atoms with Crippen molar-refractivity contribution in [1.29, 1.82) is 0 Å². The fraction of sp³-hybridized carbons (Fsp3) is 0.632. The lowest BCUT2D eigenvalue weighted by Crippen LogP contribution is -2.33. The van der Waals surface area contributed by atoms with Gasteiger partial charge in [0.15, 0.2) is 0 Å². The summed E-state index contributed by atoms with van der Waals surface area (Å²) in [6.07, 6.45) is 3.80. The predicted molar refractivity (Wildman–Crippen MR) is 103 cm³/mol. The summed E-state index contributed by atoms with van der Waals surface area (Å²) in [5, 5.41) is 6.37. The molecule has 1 amide bonds. The molecule has 1 atom stereocenters. The Balaban J connectivity index is 0.00000312. The van der Waals surface area contributed by atoms with Crippen molar-refractivity contribution in [2.75, 3.05) is 33.4 Å². The van der Waals surface area contributed by atoms with Crippen LogP contribution >= 0.6 is 12.4 Å². The average Bonchev–Trinajstić information content (AvgIpc) is 2.62. The maximum Gasteiger partial charge on any atom is 0.220 e. The first kappa shape index (κ1) is 21.6. The number of rotatable bonds is 9. The summed E-state index contributed by atoms with van der Waals surface area (Å²) in [6.45, 7) is 5.62. The van der Waals surface area contributed by atoms with Crippen molar-refractivity contribution >= 4 is 18.3 Å². The zero-order valence-electron chi connectivity index (χ0n) is 15.3. The first-order valence-electron chi connectivity index (χ1n) is 8.93. The van der Waals surface area contributed by atoms with Crippen LogP contribution in [0.4, 0.5) is 0 Å². The molecule has 5 nitrogen and oxygen atoms in total. The Morgan fingerprint density at radius 2 is 1.88 bits per heavy atom. The molecule has 25 heavy (non-hydrogen) atoms. The van der Waals surface area contributed by atoms with Gasteiger partial charge < -0.3 is 20.1 Å². The van der Waals surface area contributed by atoms with E-state index in [1.54, 1.807) is 7.11 Å². The molecule has 142 valence electrons. The number of carbonyl (C=O) groups is 1. The molecule has 1 aliphatic rings. The van der Waals surface area contributed by atoms with Gasteiger partial charge in [-0.3, -0.25) is 4.79 Å². The van der Waals surface area contributed by atoms with Gasteiger partial charge in [-0.05, 0) is 68.5 Å². The minimum absolute atomic E-state index is 0. The second kappa shape index (κ2) is 12.0. The maximum absolute atomic E-state index is 12.0. The number of hydrogen-bond donors (Lipinski definition) is 2. The van der Waals surface area contributed by atoms with E-state index < -0.39 is 0 Å². The highest BCUT2D eigenvalue weighted by Crippen LogP contribution is 2.24. The fourth-order valence-corrected chi connectivity index (χ4v) is 3.11. The summed E-state index contributed by atoms with van der Waals surface area (Å²) >= 11 is 0. The molecule has 1 aliphatic heterocycles. The molecule has 1 heterocycles. The predicted octanol–water partition coefficient (Wildman–Crippen LogP) is 3.03.